The molecule has 0 aromatic heterocycles. The monoisotopic (exact) mass is 283 g/mol. The van der Waals surface area contributed by atoms with Crippen LogP contribution in [-0.4, -0.2) is 19.0 Å². The van der Waals surface area contributed by atoms with Crippen LogP contribution in [0.1, 0.15) is 33.1 Å². The van der Waals surface area contributed by atoms with Gasteiger partial charge in [0.15, 0.2) is 0 Å². The van der Waals surface area contributed by atoms with Crippen molar-refractivity contribution in [3.63, 3.8) is 0 Å². The van der Waals surface area contributed by atoms with Gasteiger partial charge in [-0.15, -0.1) is 0 Å². The maximum Gasteiger partial charge on any atom is 0.296 e. The highest BCUT2D eigenvalue weighted by atomic mass is 32.2. The van der Waals surface area contributed by atoms with Crippen LogP contribution < -0.4 is 5.32 Å². The summed E-state index contributed by atoms with van der Waals surface area (Å²) in [5.74, 6) is 1.28. The van der Waals surface area contributed by atoms with Crippen LogP contribution in [0.25, 0.3) is 0 Å². The summed E-state index contributed by atoms with van der Waals surface area (Å²) in [5, 5.41) is 3.28. The summed E-state index contributed by atoms with van der Waals surface area (Å²) in [5.41, 5.74) is 0.497. The molecule has 2 unspecified atom stereocenters. The van der Waals surface area contributed by atoms with E-state index in [1.165, 1.54) is 12.5 Å². The zero-order chi connectivity index (χ0) is 14.0. The average Bonchev–Trinajstić information content (AvgIpc) is 2.26. The van der Waals surface area contributed by atoms with Gasteiger partial charge in [-0.2, -0.15) is 8.42 Å². The van der Waals surface area contributed by atoms with Crippen molar-refractivity contribution in [2.24, 2.45) is 11.8 Å². The lowest BCUT2D eigenvalue weighted by molar-refractivity contribution is 0.280. The van der Waals surface area contributed by atoms with Gasteiger partial charge in [-0.25, -0.2) is 0 Å². The highest BCUT2D eigenvalue weighted by Crippen LogP contribution is 2.31. The van der Waals surface area contributed by atoms with E-state index in [9.17, 15) is 13.0 Å². The minimum Gasteiger partial charge on any atom is -0.381 e. The zero-order valence-corrected chi connectivity index (χ0v) is 12.2. The molecule has 0 amide bonds. The van der Waals surface area contributed by atoms with Gasteiger partial charge >= 0.3 is 0 Å². The van der Waals surface area contributed by atoms with E-state index in [1.807, 2.05) is 0 Å². The summed E-state index contributed by atoms with van der Waals surface area (Å²) < 4.78 is 31.9. The summed E-state index contributed by atoms with van der Waals surface area (Å²) in [7, 11) is -4.17. The number of anilines is 1. The van der Waals surface area contributed by atoms with E-state index in [0.29, 0.717) is 17.5 Å². The number of hydrogen-bond donors (Lipinski definition) is 2. The number of hydrogen-bond acceptors (Lipinski definition) is 3. The number of benzene rings is 1. The molecule has 0 heterocycles. The van der Waals surface area contributed by atoms with E-state index in [-0.39, 0.29) is 10.9 Å². The lowest BCUT2D eigenvalue weighted by atomic mass is 9.80. The zero-order valence-electron chi connectivity index (χ0n) is 11.3. The van der Waals surface area contributed by atoms with Gasteiger partial charge in [-0.1, -0.05) is 26.0 Å². The minimum atomic E-state index is -4.17. The first-order valence-corrected chi connectivity index (χ1v) is 8.13. The Hall–Kier alpha value is -1.07. The van der Waals surface area contributed by atoms with Gasteiger partial charge in [0.25, 0.3) is 10.1 Å². The second kappa shape index (κ2) is 5.51. The molecule has 1 saturated carbocycles. The Morgan fingerprint density at radius 1 is 1.11 bits per heavy atom. The lowest BCUT2D eigenvalue weighted by Gasteiger charge is -2.32. The van der Waals surface area contributed by atoms with Crippen LogP contribution in [0.2, 0.25) is 0 Å². The second-order valence-corrected chi connectivity index (χ2v) is 7.12. The van der Waals surface area contributed by atoms with Gasteiger partial charge in [-0.05, 0) is 43.2 Å². The van der Waals surface area contributed by atoms with Crippen molar-refractivity contribution in [1.29, 1.82) is 0 Å². The van der Waals surface area contributed by atoms with Crippen molar-refractivity contribution < 1.29 is 13.0 Å². The fraction of sp³-hybridized carbons (Fsp3) is 0.571. The fourth-order valence-electron chi connectivity index (χ4n) is 3.10. The van der Waals surface area contributed by atoms with Gasteiger partial charge in [0.05, 0.1) is 5.69 Å². The van der Waals surface area contributed by atoms with Crippen molar-refractivity contribution in [3.05, 3.63) is 24.3 Å². The van der Waals surface area contributed by atoms with E-state index in [2.05, 4.69) is 19.2 Å². The molecule has 0 spiro atoms. The molecule has 2 rings (SSSR count). The third-order valence-electron chi connectivity index (χ3n) is 3.70. The maximum absolute atomic E-state index is 11.3. The van der Waals surface area contributed by atoms with Gasteiger partial charge in [0, 0.05) is 6.04 Å². The van der Waals surface area contributed by atoms with Gasteiger partial charge < -0.3 is 5.32 Å². The molecule has 106 valence electrons. The quantitative estimate of drug-likeness (QED) is 0.836. The van der Waals surface area contributed by atoms with Crippen molar-refractivity contribution in [3.8, 4) is 0 Å². The molecule has 1 aliphatic carbocycles. The molecule has 1 fully saturated rings. The molecule has 2 atom stereocenters. The largest absolute Gasteiger partial charge is 0.381 e. The van der Waals surface area contributed by atoms with Crippen LogP contribution in [-0.2, 0) is 10.1 Å². The summed E-state index contributed by atoms with van der Waals surface area (Å²) in [6.07, 6.45) is 3.28. The predicted molar refractivity (Wildman–Crippen MR) is 75.8 cm³/mol. The second-order valence-electron chi connectivity index (χ2n) is 5.73. The van der Waals surface area contributed by atoms with Gasteiger partial charge in [-0.3, -0.25) is 4.55 Å². The fourth-order valence-corrected chi connectivity index (χ4v) is 3.75. The van der Waals surface area contributed by atoms with Gasteiger partial charge in [0.2, 0.25) is 0 Å². The molecule has 1 aliphatic rings. The Labute approximate surface area is 115 Å². The Morgan fingerprint density at radius 2 is 1.68 bits per heavy atom. The Morgan fingerprint density at radius 3 is 2.26 bits per heavy atom. The topological polar surface area (TPSA) is 66.4 Å². The molecular formula is C14H21NO3S. The van der Waals surface area contributed by atoms with E-state index in [1.54, 1.807) is 18.2 Å². The Kier molecular flexibility index (Phi) is 4.16. The molecule has 0 bridgehead atoms. The number of para-hydroxylation sites is 1. The van der Waals surface area contributed by atoms with Crippen molar-refractivity contribution >= 4 is 15.8 Å². The molecule has 1 aromatic rings. The normalized spacial score (nSPS) is 28.1. The molecule has 2 N–H and O–H groups in total. The van der Waals surface area contributed by atoms with Crippen LogP contribution in [0.5, 0.6) is 0 Å². The van der Waals surface area contributed by atoms with Crippen LogP contribution in [0.4, 0.5) is 5.69 Å². The molecule has 0 saturated heterocycles. The molecule has 0 aliphatic heterocycles. The van der Waals surface area contributed by atoms with E-state index < -0.39 is 10.1 Å². The summed E-state index contributed by atoms with van der Waals surface area (Å²) >= 11 is 0. The first kappa shape index (κ1) is 14.3. The summed E-state index contributed by atoms with van der Waals surface area (Å²) in [6, 6.07) is 6.77. The summed E-state index contributed by atoms with van der Waals surface area (Å²) in [4.78, 5) is -0.0409. The van der Waals surface area contributed by atoms with Crippen molar-refractivity contribution in [2.75, 3.05) is 5.32 Å². The third kappa shape index (κ3) is 3.70. The first-order chi connectivity index (χ1) is 8.86. The van der Waals surface area contributed by atoms with E-state index in [4.69, 9.17) is 0 Å². The smallest absolute Gasteiger partial charge is 0.296 e. The molecular weight excluding hydrogens is 262 g/mol. The molecule has 19 heavy (non-hydrogen) atoms. The van der Waals surface area contributed by atoms with Crippen LogP contribution in [0.3, 0.4) is 0 Å². The predicted octanol–water partition coefficient (Wildman–Crippen LogP) is 3.17. The SMILES string of the molecule is CC1CC(C)CC(Nc2ccccc2S(=O)(=O)O)C1. The van der Waals surface area contributed by atoms with E-state index in [0.717, 1.165) is 12.8 Å². The van der Waals surface area contributed by atoms with E-state index >= 15 is 0 Å². The molecule has 4 nitrogen and oxygen atoms in total. The highest BCUT2D eigenvalue weighted by molar-refractivity contribution is 7.86. The first-order valence-electron chi connectivity index (χ1n) is 6.69. The molecule has 0 radical (unpaired) electrons. The maximum atomic E-state index is 11.3. The summed E-state index contributed by atoms with van der Waals surface area (Å²) in [6.45, 7) is 4.44. The highest BCUT2D eigenvalue weighted by Gasteiger charge is 2.25. The van der Waals surface area contributed by atoms with Crippen LogP contribution in [0.15, 0.2) is 29.2 Å². The third-order valence-corrected chi connectivity index (χ3v) is 4.61. The Bertz CT molecular complexity index is 531. The number of nitrogens with one attached hydrogen (secondary N) is 1. The Balaban J connectivity index is 2.20. The van der Waals surface area contributed by atoms with Crippen molar-refractivity contribution in [1.82, 2.24) is 0 Å². The van der Waals surface area contributed by atoms with Crippen LogP contribution in [0, 0.1) is 11.8 Å². The van der Waals surface area contributed by atoms with Crippen LogP contribution >= 0.6 is 0 Å². The molecule has 1 aromatic carbocycles. The van der Waals surface area contributed by atoms with Crippen molar-refractivity contribution in [2.45, 2.75) is 44.0 Å². The number of rotatable bonds is 3. The molecule has 5 heteroatoms. The van der Waals surface area contributed by atoms with Gasteiger partial charge in [0.1, 0.15) is 4.90 Å². The minimum absolute atomic E-state index is 0.0409. The lowest BCUT2D eigenvalue weighted by Crippen LogP contribution is -2.30. The standard InChI is InChI=1S/C14H21NO3S/c1-10-7-11(2)9-12(8-10)15-13-5-3-4-6-14(13)19(16,17)18/h3-6,10-12,15H,7-9H2,1-2H3,(H,16,17,18). The average molecular weight is 283 g/mol.